The van der Waals surface area contributed by atoms with Crippen LogP contribution >= 0.6 is 0 Å². The molecular weight excluding hydrogens is 466 g/mol. The van der Waals surface area contributed by atoms with Gasteiger partial charge in [0.15, 0.2) is 0 Å². The molecule has 4 aliphatic rings. The normalized spacial score (nSPS) is 33.5. The minimum absolute atomic E-state index is 0. The van der Waals surface area contributed by atoms with E-state index < -0.39 is 0 Å². The van der Waals surface area contributed by atoms with Gasteiger partial charge in [0.25, 0.3) is 0 Å². The number of hydrogen-bond acceptors (Lipinski definition) is 0. The first-order valence-corrected chi connectivity index (χ1v) is 7.30. The van der Waals surface area contributed by atoms with Crippen LogP contribution in [-0.2, 0) is 25.8 Å². The molecule has 4 atom stereocenters. The van der Waals surface area contributed by atoms with E-state index in [-0.39, 0.29) is 50.7 Å². The van der Waals surface area contributed by atoms with Gasteiger partial charge in [-0.3, -0.25) is 0 Å². The van der Waals surface area contributed by atoms with Crippen LogP contribution in [0, 0.1) is 36.5 Å². The van der Waals surface area contributed by atoms with Gasteiger partial charge < -0.3 is 37.7 Å². The molecule has 4 unspecified atom stereocenters. The van der Waals surface area contributed by atoms with Crippen molar-refractivity contribution in [2.45, 2.75) is 25.7 Å². The Morgan fingerprint density at radius 3 is 1.38 bits per heavy atom. The molecule has 0 aromatic heterocycles. The van der Waals surface area contributed by atoms with E-state index in [1.807, 2.05) is 0 Å². The average molecular weight is 488 g/mol. The van der Waals surface area contributed by atoms with Gasteiger partial charge in [-0.2, -0.15) is 12.8 Å². The summed E-state index contributed by atoms with van der Waals surface area (Å²) in [4.78, 5) is 0. The van der Waals surface area contributed by atoms with Crippen molar-refractivity contribution < 1.29 is 50.7 Å². The molecule has 4 aliphatic carbocycles. The molecule has 3 heteroatoms. The van der Waals surface area contributed by atoms with Gasteiger partial charge in [-0.25, -0.2) is 0 Å². The maximum Gasteiger partial charge on any atom is 4.00 e. The number of halogens is 2. The second-order valence-electron chi connectivity index (χ2n) is 5.65. The van der Waals surface area contributed by atoms with Crippen molar-refractivity contribution in [1.29, 1.82) is 0 Å². The Balaban J connectivity index is 0.000000333. The Labute approximate surface area is 160 Å². The van der Waals surface area contributed by atoms with E-state index in [0.29, 0.717) is 0 Å². The Hall–Kier alpha value is 0.410. The fourth-order valence-electron chi connectivity index (χ4n) is 3.39. The first kappa shape index (κ1) is 21.4. The zero-order valence-electron chi connectivity index (χ0n) is 12.2. The van der Waals surface area contributed by atoms with Crippen molar-refractivity contribution in [1.82, 2.24) is 0 Å². The maximum atomic E-state index is 2.42. The van der Waals surface area contributed by atoms with E-state index in [0.717, 1.165) is 23.7 Å². The number of hydrogen-bond donors (Lipinski definition) is 0. The molecule has 0 radical (unpaired) electrons. The fraction of sp³-hybridized carbons (Fsp3) is 0.444. The van der Waals surface area contributed by atoms with Crippen LogP contribution in [0.1, 0.15) is 25.7 Å². The van der Waals surface area contributed by atoms with E-state index in [1.54, 1.807) is 0 Å². The van der Waals surface area contributed by atoms with Gasteiger partial charge in [0.05, 0.1) is 0 Å². The van der Waals surface area contributed by atoms with Crippen molar-refractivity contribution in [3.8, 4) is 0 Å². The summed E-state index contributed by atoms with van der Waals surface area (Å²) in [5.74, 6) is 3.23. The van der Waals surface area contributed by atoms with Crippen LogP contribution in [0.2, 0.25) is 0 Å². The largest absolute Gasteiger partial charge is 4.00 e. The molecular formula is C18H22Cl2Hf. The average Bonchev–Trinajstić information content (AvgIpc) is 3.08. The SMILES string of the molecule is C1=CC2[CH-]CCC2C=C1.C1=CC2[CH-]CCC2C=C1.[Cl-].[Cl-].[Hf+4]. The monoisotopic (exact) mass is 488 g/mol. The topological polar surface area (TPSA) is 0 Å². The predicted molar refractivity (Wildman–Crippen MR) is 77.6 cm³/mol. The maximum absolute atomic E-state index is 2.42. The molecule has 0 nitrogen and oxygen atoms in total. The van der Waals surface area contributed by atoms with Gasteiger partial charge in [-0.15, -0.1) is 24.0 Å². The van der Waals surface area contributed by atoms with Gasteiger partial charge in [0.2, 0.25) is 0 Å². The summed E-state index contributed by atoms with van der Waals surface area (Å²) in [5, 5.41) is 0. The van der Waals surface area contributed by atoms with E-state index in [2.05, 4.69) is 61.4 Å². The van der Waals surface area contributed by atoms with E-state index >= 15 is 0 Å². The van der Waals surface area contributed by atoms with Crippen LogP contribution in [0.15, 0.2) is 48.6 Å². The summed E-state index contributed by atoms with van der Waals surface area (Å²) in [7, 11) is 0. The van der Waals surface area contributed by atoms with Gasteiger partial charge in [-0.05, 0) is 11.8 Å². The molecule has 112 valence electrons. The van der Waals surface area contributed by atoms with Crippen LogP contribution in [0.4, 0.5) is 0 Å². The van der Waals surface area contributed by atoms with Crippen LogP contribution < -0.4 is 24.8 Å². The first-order chi connectivity index (χ1) is 8.93. The molecule has 0 saturated heterocycles. The molecule has 0 aromatic rings. The van der Waals surface area contributed by atoms with Crippen LogP contribution in [-0.4, -0.2) is 0 Å². The molecule has 2 saturated carbocycles. The third-order valence-electron chi connectivity index (χ3n) is 4.47. The minimum Gasteiger partial charge on any atom is -1.00 e. The molecule has 0 heterocycles. The molecule has 0 spiro atoms. The van der Waals surface area contributed by atoms with Crippen molar-refractivity contribution in [2.75, 3.05) is 0 Å². The van der Waals surface area contributed by atoms with Crippen molar-refractivity contribution in [2.24, 2.45) is 23.7 Å². The molecule has 21 heavy (non-hydrogen) atoms. The minimum atomic E-state index is 0. The summed E-state index contributed by atoms with van der Waals surface area (Å²) in [6.07, 6.45) is 28.1. The number of fused-ring (bicyclic) bond motifs is 2. The third-order valence-corrected chi connectivity index (χ3v) is 4.47. The second-order valence-corrected chi connectivity index (χ2v) is 5.65. The molecule has 4 rings (SSSR count). The number of allylic oxidation sites excluding steroid dienone is 8. The molecule has 0 N–H and O–H groups in total. The summed E-state index contributed by atoms with van der Waals surface area (Å²) >= 11 is 0. The Kier molecular flexibility index (Phi) is 11.2. The van der Waals surface area contributed by atoms with E-state index in [1.165, 1.54) is 25.7 Å². The zero-order chi connectivity index (χ0) is 12.2. The Morgan fingerprint density at radius 1 is 0.619 bits per heavy atom. The Bertz CT molecular complexity index is 324. The molecule has 2 fully saturated rings. The van der Waals surface area contributed by atoms with Crippen molar-refractivity contribution >= 4 is 0 Å². The first-order valence-electron chi connectivity index (χ1n) is 7.30. The van der Waals surface area contributed by atoms with E-state index in [4.69, 9.17) is 0 Å². The van der Waals surface area contributed by atoms with Gasteiger partial charge >= 0.3 is 25.8 Å². The van der Waals surface area contributed by atoms with Crippen LogP contribution in [0.25, 0.3) is 0 Å². The van der Waals surface area contributed by atoms with Crippen molar-refractivity contribution in [3.05, 3.63) is 61.4 Å². The van der Waals surface area contributed by atoms with Crippen LogP contribution in [0.5, 0.6) is 0 Å². The summed E-state index contributed by atoms with van der Waals surface area (Å²) in [5.41, 5.74) is 0. The zero-order valence-corrected chi connectivity index (χ0v) is 17.3. The quantitative estimate of drug-likeness (QED) is 0.294. The van der Waals surface area contributed by atoms with Gasteiger partial charge in [0, 0.05) is 0 Å². The third kappa shape index (κ3) is 5.84. The van der Waals surface area contributed by atoms with Gasteiger partial charge in [0.1, 0.15) is 0 Å². The number of rotatable bonds is 0. The fourth-order valence-corrected chi connectivity index (χ4v) is 3.39. The summed E-state index contributed by atoms with van der Waals surface area (Å²) < 4.78 is 0. The van der Waals surface area contributed by atoms with Crippen molar-refractivity contribution in [3.63, 3.8) is 0 Å². The smallest absolute Gasteiger partial charge is 1.00 e. The standard InChI is InChI=1S/2C9H11.2ClH.Hf/c2*1-2-5-9-7-3-6-8(9)4-1;;;/h2*1-2,4-6,8-9H,3,7H2;2*1H;/q2*-1;;;+4/p-2. The van der Waals surface area contributed by atoms with Crippen LogP contribution in [0.3, 0.4) is 0 Å². The molecule has 0 aliphatic heterocycles. The predicted octanol–water partition coefficient (Wildman–Crippen LogP) is -1.31. The Morgan fingerprint density at radius 2 is 1.00 bits per heavy atom. The molecule has 0 aromatic carbocycles. The molecule has 0 bridgehead atoms. The summed E-state index contributed by atoms with van der Waals surface area (Å²) in [6.45, 7) is 0. The van der Waals surface area contributed by atoms with Gasteiger partial charge in [-0.1, -0.05) is 49.3 Å². The van der Waals surface area contributed by atoms with E-state index in [9.17, 15) is 0 Å². The summed E-state index contributed by atoms with van der Waals surface area (Å²) in [6, 6.07) is 0. The second kappa shape index (κ2) is 11.0. The molecule has 0 amide bonds.